The molecule has 1 atom stereocenters. The minimum Gasteiger partial charge on any atom is -0.497 e. The quantitative estimate of drug-likeness (QED) is 0.732. The zero-order valence-electron chi connectivity index (χ0n) is 16.0. The van der Waals surface area contributed by atoms with Crippen LogP contribution in [0.2, 0.25) is 0 Å². The van der Waals surface area contributed by atoms with E-state index < -0.39 is 5.54 Å². The molecule has 5 rings (SSSR count). The zero-order chi connectivity index (χ0) is 20.2. The van der Waals surface area contributed by atoms with Crippen LogP contribution in [0.25, 0.3) is 11.1 Å². The number of ether oxygens (including phenoxy) is 2. The molecular weight excluding hydrogens is 366 g/mol. The Labute approximate surface area is 168 Å². The lowest BCUT2D eigenvalue weighted by Gasteiger charge is -2.34. The van der Waals surface area contributed by atoms with Crippen LogP contribution >= 0.6 is 0 Å². The third-order valence-corrected chi connectivity index (χ3v) is 5.51. The summed E-state index contributed by atoms with van der Waals surface area (Å²) >= 11 is 0. The van der Waals surface area contributed by atoms with Crippen LogP contribution in [0.4, 0.5) is 0 Å². The maximum atomic E-state index is 13.5. The first kappa shape index (κ1) is 17.3. The maximum Gasteiger partial charge on any atom is 0.266 e. The van der Waals surface area contributed by atoms with Gasteiger partial charge in [-0.05, 0) is 41.5 Å². The number of guanidine groups is 1. The number of hydrogen-bond acceptors (Lipinski definition) is 5. The van der Waals surface area contributed by atoms with Crippen molar-refractivity contribution in [2.75, 3.05) is 14.2 Å². The predicted molar refractivity (Wildman–Crippen MR) is 110 cm³/mol. The molecule has 0 saturated carbocycles. The molecule has 2 heterocycles. The lowest BCUT2D eigenvalue weighted by atomic mass is 9.79. The minimum absolute atomic E-state index is 0.168. The largest absolute Gasteiger partial charge is 0.497 e. The number of nitrogens with two attached hydrogens (primary N) is 1. The molecule has 6 heteroatoms. The molecule has 2 aliphatic heterocycles. The fraction of sp³-hybridized carbons (Fsp3) is 0.130. The summed E-state index contributed by atoms with van der Waals surface area (Å²) in [7, 11) is 3.21. The number of likely N-dealkylation sites (N-methyl/N-ethyl adjacent to an activating group) is 1. The van der Waals surface area contributed by atoms with Crippen LogP contribution in [0.1, 0.15) is 11.1 Å². The van der Waals surface area contributed by atoms with Gasteiger partial charge < -0.3 is 15.2 Å². The Morgan fingerprint density at radius 1 is 0.966 bits per heavy atom. The average Bonchev–Trinajstić information content (AvgIpc) is 2.99. The molecule has 1 amide bonds. The van der Waals surface area contributed by atoms with Crippen LogP contribution in [-0.4, -0.2) is 30.9 Å². The Morgan fingerprint density at radius 2 is 1.66 bits per heavy atom. The van der Waals surface area contributed by atoms with Crippen molar-refractivity contribution in [1.29, 1.82) is 0 Å². The number of fused-ring (bicyclic) bond motifs is 4. The Kier molecular flexibility index (Phi) is 3.64. The zero-order valence-corrected chi connectivity index (χ0v) is 16.0. The number of carbonyl (C=O) groups is 1. The molecular formula is C23H19N3O3. The number of amides is 1. The van der Waals surface area contributed by atoms with Gasteiger partial charge in [-0.1, -0.05) is 36.4 Å². The van der Waals surface area contributed by atoms with Crippen LogP contribution in [0, 0.1) is 0 Å². The fourth-order valence-electron chi connectivity index (χ4n) is 3.98. The van der Waals surface area contributed by atoms with Crippen LogP contribution in [-0.2, 0) is 10.3 Å². The first-order chi connectivity index (χ1) is 14.0. The summed E-state index contributed by atoms with van der Waals surface area (Å²) in [4.78, 5) is 19.6. The highest BCUT2D eigenvalue weighted by molar-refractivity contribution is 6.10. The van der Waals surface area contributed by atoms with Crippen LogP contribution in [0.3, 0.4) is 0 Å². The van der Waals surface area contributed by atoms with Crippen LogP contribution in [0.5, 0.6) is 17.2 Å². The van der Waals surface area contributed by atoms with E-state index in [0.717, 1.165) is 11.1 Å². The van der Waals surface area contributed by atoms with Gasteiger partial charge in [0.05, 0.1) is 7.11 Å². The van der Waals surface area contributed by atoms with E-state index in [1.165, 1.54) is 4.90 Å². The van der Waals surface area contributed by atoms with Gasteiger partial charge in [0.15, 0.2) is 5.96 Å². The normalized spacial score (nSPS) is 19.4. The maximum absolute atomic E-state index is 13.5. The number of benzene rings is 3. The smallest absolute Gasteiger partial charge is 0.266 e. The Balaban J connectivity index is 1.80. The second kappa shape index (κ2) is 6.10. The molecule has 2 aliphatic rings. The molecule has 6 nitrogen and oxygen atoms in total. The molecule has 2 N–H and O–H groups in total. The monoisotopic (exact) mass is 385 g/mol. The molecule has 0 saturated heterocycles. The van der Waals surface area contributed by atoms with Gasteiger partial charge in [-0.2, -0.15) is 0 Å². The third-order valence-electron chi connectivity index (χ3n) is 5.51. The second-order valence-electron chi connectivity index (χ2n) is 7.09. The van der Waals surface area contributed by atoms with Crippen molar-refractivity contribution < 1.29 is 14.3 Å². The Bertz CT molecular complexity index is 1170. The molecule has 1 unspecified atom stereocenters. The average molecular weight is 385 g/mol. The summed E-state index contributed by atoms with van der Waals surface area (Å²) in [5.74, 6) is 1.71. The summed E-state index contributed by atoms with van der Waals surface area (Å²) in [5, 5.41) is 0. The van der Waals surface area contributed by atoms with Crippen molar-refractivity contribution in [3.8, 4) is 28.4 Å². The summed E-state index contributed by atoms with van der Waals surface area (Å²) in [6.45, 7) is 0. The van der Waals surface area contributed by atoms with Crippen molar-refractivity contribution in [3.05, 3.63) is 77.9 Å². The lowest BCUT2D eigenvalue weighted by Crippen LogP contribution is -2.42. The van der Waals surface area contributed by atoms with E-state index >= 15 is 0 Å². The highest BCUT2D eigenvalue weighted by atomic mass is 16.5. The summed E-state index contributed by atoms with van der Waals surface area (Å²) in [6, 6.07) is 21.2. The van der Waals surface area contributed by atoms with E-state index in [9.17, 15) is 4.79 Å². The van der Waals surface area contributed by atoms with Crippen LogP contribution in [0.15, 0.2) is 71.7 Å². The summed E-state index contributed by atoms with van der Waals surface area (Å²) in [6.07, 6.45) is 0. The summed E-state index contributed by atoms with van der Waals surface area (Å²) < 4.78 is 11.5. The van der Waals surface area contributed by atoms with E-state index in [4.69, 9.17) is 15.2 Å². The van der Waals surface area contributed by atoms with Gasteiger partial charge in [0, 0.05) is 18.2 Å². The van der Waals surface area contributed by atoms with Crippen molar-refractivity contribution in [1.82, 2.24) is 4.90 Å². The van der Waals surface area contributed by atoms with Gasteiger partial charge in [0.25, 0.3) is 5.91 Å². The lowest BCUT2D eigenvalue weighted by molar-refractivity contribution is -0.129. The molecule has 0 fully saturated rings. The molecule has 29 heavy (non-hydrogen) atoms. The van der Waals surface area contributed by atoms with Gasteiger partial charge in [-0.15, -0.1) is 0 Å². The second-order valence-corrected chi connectivity index (χ2v) is 7.09. The van der Waals surface area contributed by atoms with Gasteiger partial charge >= 0.3 is 0 Å². The third kappa shape index (κ3) is 2.35. The number of methoxy groups -OCH3 is 1. The number of aliphatic imine (C=N–C) groups is 1. The number of nitrogens with zero attached hydrogens (tertiary/aromatic N) is 2. The van der Waals surface area contributed by atoms with E-state index in [1.54, 1.807) is 32.4 Å². The highest BCUT2D eigenvalue weighted by Gasteiger charge is 2.54. The number of hydrogen-bond donors (Lipinski definition) is 1. The Hall–Kier alpha value is -3.80. The van der Waals surface area contributed by atoms with Crippen molar-refractivity contribution in [2.45, 2.75) is 5.54 Å². The molecule has 0 aromatic heterocycles. The van der Waals surface area contributed by atoms with E-state index in [2.05, 4.69) is 4.99 Å². The summed E-state index contributed by atoms with van der Waals surface area (Å²) in [5.41, 5.74) is 8.07. The van der Waals surface area contributed by atoms with Gasteiger partial charge in [-0.25, -0.2) is 4.99 Å². The van der Waals surface area contributed by atoms with E-state index in [1.807, 2.05) is 48.5 Å². The molecule has 1 spiro atoms. The predicted octanol–water partition coefficient (Wildman–Crippen LogP) is 3.50. The molecule has 0 aliphatic carbocycles. The van der Waals surface area contributed by atoms with Crippen molar-refractivity contribution >= 4 is 11.9 Å². The van der Waals surface area contributed by atoms with Gasteiger partial charge in [0.1, 0.15) is 17.2 Å². The minimum atomic E-state index is -1.30. The first-order valence-corrected chi connectivity index (χ1v) is 9.24. The molecule has 3 aromatic rings. The molecule has 3 aromatic carbocycles. The standard InChI is InChI=1S/C23H19N3O3/c1-26-21(27)23(25-22(26)24)17-12-15(14-6-4-3-5-7-14)8-10-19(17)29-20-11-9-16(28-2)13-18(20)23/h3-13H,1-2H3,(H2,24,25). The fourth-order valence-corrected chi connectivity index (χ4v) is 3.98. The SMILES string of the molecule is COc1ccc2c(c1)C1(N=C(N)N(C)C1=O)c1cc(-c3ccccc3)ccc1O2. The number of rotatable bonds is 2. The number of carbonyl (C=O) groups excluding carboxylic acids is 1. The van der Waals surface area contributed by atoms with Crippen molar-refractivity contribution in [2.24, 2.45) is 10.7 Å². The van der Waals surface area contributed by atoms with Crippen LogP contribution < -0.4 is 15.2 Å². The van der Waals surface area contributed by atoms with Gasteiger partial charge in [0.2, 0.25) is 5.54 Å². The highest BCUT2D eigenvalue weighted by Crippen LogP contribution is 2.53. The van der Waals surface area contributed by atoms with E-state index in [0.29, 0.717) is 28.4 Å². The van der Waals surface area contributed by atoms with Crippen molar-refractivity contribution in [3.63, 3.8) is 0 Å². The molecule has 0 bridgehead atoms. The first-order valence-electron chi connectivity index (χ1n) is 9.24. The van der Waals surface area contributed by atoms with Gasteiger partial charge in [-0.3, -0.25) is 9.69 Å². The van der Waals surface area contributed by atoms with E-state index in [-0.39, 0.29) is 11.9 Å². The molecule has 144 valence electrons. The topological polar surface area (TPSA) is 77.2 Å². The Morgan fingerprint density at radius 3 is 2.31 bits per heavy atom. The molecule has 0 radical (unpaired) electrons.